The van der Waals surface area contributed by atoms with Crippen LogP contribution in [0.5, 0.6) is 0 Å². The van der Waals surface area contributed by atoms with E-state index in [0.29, 0.717) is 36.9 Å². The number of carbonyl (C=O) groups is 1. The summed E-state index contributed by atoms with van der Waals surface area (Å²) >= 11 is 0. The first-order chi connectivity index (χ1) is 21.7. The number of allylic oxidation sites excluding steroid dienone is 2. The van der Waals surface area contributed by atoms with Crippen LogP contribution in [0.1, 0.15) is 98.2 Å². The first kappa shape index (κ1) is 31.9. The minimum atomic E-state index is -0.953. The van der Waals surface area contributed by atoms with E-state index in [1.165, 1.54) is 5.57 Å². The SMILES string of the molecule is CC1=CCCC2(C)C(CCC2(O)CN2CCCC2CO)c2ccc(cc2C(=O)c2ccccc2-c2ccccc2)CC(O)CC1. The molecule has 7 rings (SSSR count). The Labute approximate surface area is 268 Å². The number of aliphatic hydroxyl groups is 3. The van der Waals surface area contributed by atoms with Crippen molar-refractivity contribution in [3.05, 3.63) is 107 Å². The number of hydrogen-bond acceptors (Lipinski definition) is 5. The lowest BCUT2D eigenvalue weighted by atomic mass is 9.64. The number of rotatable bonds is 6. The first-order valence-corrected chi connectivity index (χ1v) is 17.0. The molecule has 45 heavy (non-hydrogen) atoms. The predicted octanol–water partition coefficient (Wildman–Crippen LogP) is 7.08. The van der Waals surface area contributed by atoms with Gasteiger partial charge in [-0.3, -0.25) is 9.69 Å². The Hall–Kier alpha value is -3.09. The van der Waals surface area contributed by atoms with E-state index in [0.717, 1.165) is 67.3 Å². The summed E-state index contributed by atoms with van der Waals surface area (Å²) in [6.45, 7) is 5.94. The van der Waals surface area contributed by atoms with Crippen molar-refractivity contribution in [2.24, 2.45) is 5.41 Å². The molecule has 1 heterocycles. The van der Waals surface area contributed by atoms with Gasteiger partial charge in [0.25, 0.3) is 0 Å². The van der Waals surface area contributed by atoms with Crippen molar-refractivity contribution in [2.45, 2.75) is 95.3 Å². The Morgan fingerprint density at radius 1 is 0.956 bits per heavy atom. The Bertz CT molecular complexity index is 1530. The standard InChI is InChI=1S/C40H49NO4/c1-28-10-8-21-39(2)37(20-22-40(39,45)27-41-23-9-13-31(41)26-42)34-19-17-29(24-32(43)18-16-28)25-36(34)38(44)35-15-7-6-14-33(35)30-11-4-3-5-12-30/h3-7,10-12,14-15,17,19,25,31-32,37,42-43,45H,8-9,13,16,18,20-24,26-27H2,1-2H3. The molecule has 1 aliphatic heterocycles. The summed E-state index contributed by atoms with van der Waals surface area (Å²) in [5.74, 6) is -0.0301. The molecular formula is C40H49NO4. The van der Waals surface area contributed by atoms with E-state index in [4.69, 9.17) is 0 Å². The number of hydrogen-bond donors (Lipinski definition) is 3. The van der Waals surface area contributed by atoms with E-state index in [1.54, 1.807) is 0 Å². The lowest BCUT2D eigenvalue weighted by Crippen LogP contribution is -2.53. The number of carbonyl (C=O) groups excluding carboxylic acids is 1. The number of likely N-dealkylation sites (tertiary alicyclic amines) is 1. The Morgan fingerprint density at radius 3 is 2.53 bits per heavy atom. The van der Waals surface area contributed by atoms with Crippen molar-refractivity contribution in [1.29, 1.82) is 0 Å². The molecule has 5 heteroatoms. The molecule has 2 fully saturated rings. The summed E-state index contributed by atoms with van der Waals surface area (Å²) in [4.78, 5) is 17.1. The van der Waals surface area contributed by atoms with Crippen LogP contribution in [0.2, 0.25) is 0 Å². The lowest BCUT2D eigenvalue weighted by molar-refractivity contribution is -0.0875. The van der Waals surface area contributed by atoms with E-state index in [-0.39, 0.29) is 24.3 Å². The summed E-state index contributed by atoms with van der Waals surface area (Å²) < 4.78 is 0. The third-order valence-electron chi connectivity index (χ3n) is 11.3. The maximum atomic E-state index is 14.8. The minimum absolute atomic E-state index is 0.0127. The zero-order valence-electron chi connectivity index (χ0n) is 26.9. The van der Waals surface area contributed by atoms with Gasteiger partial charge in [-0.1, -0.05) is 85.3 Å². The number of aliphatic hydroxyl groups excluding tert-OH is 2. The second-order valence-corrected chi connectivity index (χ2v) is 14.1. The van der Waals surface area contributed by atoms with Gasteiger partial charge in [-0.2, -0.15) is 0 Å². The monoisotopic (exact) mass is 607 g/mol. The zero-order valence-corrected chi connectivity index (χ0v) is 26.9. The summed E-state index contributed by atoms with van der Waals surface area (Å²) in [7, 11) is 0. The Balaban J connectivity index is 1.47. The first-order valence-electron chi connectivity index (χ1n) is 17.0. The predicted molar refractivity (Wildman–Crippen MR) is 180 cm³/mol. The smallest absolute Gasteiger partial charge is 0.193 e. The van der Waals surface area contributed by atoms with Crippen LogP contribution in [-0.2, 0) is 6.42 Å². The van der Waals surface area contributed by atoms with Crippen molar-refractivity contribution >= 4 is 5.78 Å². The molecule has 0 aromatic heterocycles. The van der Waals surface area contributed by atoms with Gasteiger partial charge in [-0.25, -0.2) is 0 Å². The molecule has 3 N–H and O–H groups in total. The molecule has 5 unspecified atom stereocenters. The number of ketones is 1. The molecule has 3 aliphatic carbocycles. The van der Waals surface area contributed by atoms with E-state index in [2.05, 4.69) is 37.0 Å². The summed E-state index contributed by atoms with van der Waals surface area (Å²) in [5.41, 5.74) is 5.06. The van der Waals surface area contributed by atoms with Gasteiger partial charge in [-0.05, 0) is 105 Å². The quantitative estimate of drug-likeness (QED) is 0.206. The van der Waals surface area contributed by atoms with Gasteiger partial charge < -0.3 is 15.3 Å². The largest absolute Gasteiger partial charge is 0.395 e. The van der Waals surface area contributed by atoms with Gasteiger partial charge in [0, 0.05) is 29.1 Å². The van der Waals surface area contributed by atoms with Crippen molar-refractivity contribution in [3.8, 4) is 11.1 Å². The topological polar surface area (TPSA) is 81.0 Å². The average molecular weight is 608 g/mol. The van der Waals surface area contributed by atoms with Crippen LogP contribution in [0.3, 0.4) is 0 Å². The number of nitrogens with zero attached hydrogens (tertiary/aromatic N) is 1. The van der Waals surface area contributed by atoms with Crippen LogP contribution >= 0.6 is 0 Å². The lowest BCUT2D eigenvalue weighted by Gasteiger charge is -2.46. The molecular weight excluding hydrogens is 558 g/mol. The van der Waals surface area contributed by atoms with E-state index in [9.17, 15) is 20.1 Å². The van der Waals surface area contributed by atoms with Crippen molar-refractivity contribution in [1.82, 2.24) is 4.90 Å². The highest BCUT2D eigenvalue weighted by Crippen LogP contribution is 2.59. The van der Waals surface area contributed by atoms with Crippen LogP contribution in [-0.4, -0.2) is 63.4 Å². The van der Waals surface area contributed by atoms with E-state index >= 15 is 0 Å². The maximum absolute atomic E-state index is 14.8. The third-order valence-corrected chi connectivity index (χ3v) is 11.3. The molecule has 5 atom stereocenters. The van der Waals surface area contributed by atoms with Gasteiger partial charge in [0.15, 0.2) is 5.78 Å². The highest BCUT2D eigenvalue weighted by atomic mass is 16.3. The third kappa shape index (κ3) is 6.33. The van der Waals surface area contributed by atoms with Gasteiger partial charge in [0.05, 0.1) is 18.3 Å². The summed E-state index contributed by atoms with van der Waals surface area (Å²) in [5, 5.41) is 33.7. The fraction of sp³-hybridized carbons (Fsp3) is 0.475. The highest BCUT2D eigenvalue weighted by molar-refractivity contribution is 6.13. The van der Waals surface area contributed by atoms with Crippen LogP contribution in [0.15, 0.2) is 84.4 Å². The molecule has 238 valence electrons. The number of β-amino-alcohol motifs (C(OH)–C–C–N with tert-alkyl or cyclic N) is 1. The summed E-state index contributed by atoms with van der Waals surface area (Å²) in [6, 6.07) is 24.2. The molecule has 5 nitrogen and oxygen atoms in total. The minimum Gasteiger partial charge on any atom is -0.395 e. The number of fused-ring (bicyclic) bond motifs is 8. The summed E-state index contributed by atoms with van der Waals surface area (Å²) in [6.07, 6.45) is 8.86. The molecule has 1 saturated carbocycles. The van der Waals surface area contributed by atoms with Crippen LogP contribution in [0.25, 0.3) is 11.1 Å². The fourth-order valence-electron chi connectivity index (χ4n) is 8.54. The van der Waals surface area contributed by atoms with E-state index in [1.807, 2.05) is 60.7 Å². The Kier molecular flexibility index (Phi) is 9.44. The van der Waals surface area contributed by atoms with Gasteiger partial charge in [-0.15, -0.1) is 0 Å². The Morgan fingerprint density at radius 2 is 1.73 bits per heavy atom. The van der Waals surface area contributed by atoms with Crippen molar-refractivity contribution < 1.29 is 20.1 Å². The fourth-order valence-corrected chi connectivity index (χ4v) is 8.54. The molecule has 4 aliphatic rings. The molecule has 3 aromatic rings. The van der Waals surface area contributed by atoms with Crippen molar-refractivity contribution in [3.63, 3.8) is 0 Å². The molecule has 1 saturated heterocycles. The zero-order chi connectivity index (χ0) is 31.6. The normalized spacial score (nSPS) is 29.3. The molecule has 3 aromatic carbocycles. The number of benzene rings is 3. The maximum Gasteiger partial charge on any atom is 0.193 e. The molecule has 0 spiro atoms. The molecule has 2 bridgehead atoms. The van der Waals surface area contributed by atoms with Crippen LogP contribution in [0.4, 0.5) is 0 Å². The second kappa shape index (κ2) is 13.3. The average Bonchev–Trinajstić information content (AvgIpc) is 3.60. The highest BCUT2D eigenvalue weighted by Gasteiger charge is 2.57. The van der Waals surface area contributed by atoms with Gasteiger partial charge in [0.2, 0.25) is 0 Å². The van der Waals surface area contributed by atoms with Crippen molar-refractivity contribution in [2.75, 3.05) is 19.7 Å². The van der Waals surface area contributed by atoms with Gasteiger partial charge in [0.1, 0.15) is 0 Å². The molecule has 0 amide bonds. The molecule has 0 radical (unpaired) electrons. The van der Waals surface area contributed by atoms with Crippen LogP contribution in [0, 0.1) is 5.41 Å². The van der Waals surface area contributed by atoms with Gasteiger partial charge >= 0.3 is 0 Å². The van der Waals surface area contributed by atoms with Crippen LogP contribution < -0.4 is 0 Å². The second-order valence-electron chi connectivity index (χ2n) is 14.1. The van der Waals surface area contributed by atoms with E-state index < -0.39 is 17.1 Å².